The predicted molar refractivity (Wildman–Crippen MR) is 109 cm³/mol. The third-order valence-corrected chi connectivity index (χ3v) is 6.14. The van der Waals surface area contributed by atoms with Gasteiger partial charge in [0.2, 0.25) is 0 Å². The molecule has 0 aromatic heterocycles. The molecule has 1 fully saturated rings. The Labute approximate surface area is 157 Å². The Kier molecular flexibility index (Phi) is 3.77. The molecule has 4 rings (SSSR count). The average molecular weight is 346 g/mol. The summed E-state index contributed by atoms with van der Waals surface area (Å²) in [6, 6.07) is 17.3. The Morgan fingerprint density at radius 3 is 2.12 bits per heavy atom. The Morgan fingerprint density at radius 1 is 0.769 bits per heavy atom. The predicted octanol–water partition coefficient (Wildman–Crippen LogP) is 4.71. The van der Waals surface area contributed by atoms with E-state index in [1.165, 1.54) is 22.3 Å². The lowest BCUT2D eigenvalue weighted by Crippen LogP contribution is -2.41. The van der Waals surface area contributed by atoms with Crippen molar-refractivity contribution in [1.82, 2.24) is 0 Å². The van der Waals surface area contributed by atoms with E-state index in [1.54, 1.807) is 0 Å². The molecular formula is C23H27BO2. The minimum Gasteiger partial charge on any atom is -0.399 e. The van der Waals surface area contributed by atoms with Gasteiger partial charge in [-0.1, -0.05) is 68.5 Å². The lowest BCUT2D eigenvalue weighted by molar-refractivity contribution is 0.00578. The zero-order valence-corrected chi connectivity index (χ0v) is 16.6. The first-order valence-corrected chi connectivity index (χ1v) is 9.39. The molecule has 0 saturated carbocycles. The fourth-order valence-corrected chi connectivity index (χ4v) is 3.87. The molecule has 3 heteroatoms. The molecule has 2 aliphatic rings. The SMILES string of the molecule is CC1(C)C=C(c2cccc(B3OC(C)(C)C(C)(C)O3)c2)c2ccccc21. The summed E-state index contributed by atoms with van der Waals surface area (Å²) in [5.41, 5.74) is 5.69. The van der Waals surface area contributed by atoms with Gasteiger partial charge in [0, 0.05) is 5.41 Å². The Morgan fingerprint density at radius 2 is 1.42 bits per heavy atom. The smallest absolute Gasteiger partial charge is 0.399 e. The average Bonchev–Trinajstić information content (AvgIpc) is 2.98. The molecule has 2 nitrogen and oxygen atoms in total. The van der Waals surface area contributed by atoms with E-state index in [2.05, 4.69) is 96.1 Å². The van der Waals surface area contributed by atoms with Crippen LogP contribution in [0.3, 0.4) is 0 Å². The van der Waals surface area contributed by atoms with Gasteiger partial charge in [0.25, 0.3) is 0 Å². The van der Waals surface area contributed by atoms with Gasteiger partial charge in [0.1, 0.15) is 0 Å². The van der Waals surface area contributed by atoms with Crippen LogP contribution in [0.25, 0.3) is 5.57 Å². The fourth-order valence-electron chi connectivity index (χ4n) is 3.87. The summed E-state index contributed by atoms with van der Waals surface area (Å²) in [5.74, 6) is 0. The molecule has 0 radical (unpaired) electrons. The van der Waals surface area contributed by atoms with Gasteiger partial charge in [0.05, 0.1) is 11.2 Å². The standard InChI is InChI=1S/C23H27BO2/c1-21(2)15-19(18-12-7-8-13-20(18)21)16-10-9-11-17(14-16)24-25-22(3,4)23(5,6)26-24/h7-15H,1-6H3. The zero-order valence-electron chi connectivity index (χ0n) is 16.6. The molecule has 26 heavy (non-hydrogen) atoms. The van der Waals surface area contributed by atoms with Crippen molar-refractivity contribution in [3.05, 3.63) is 71.3 Å². The number of hydrogen-bond acceptors (Lipinski definition) is 2. The van der Waals surface area contributed by atoms with Crippen LogP contribution in [0.15, 0.2) is 54.6 Å². The van der Waals surface area contributed by atoms with Crippen LogP contribution < -0.4 is 5.46 Å². The quantitative estimate of drug-likeness (QED) is 0.734. The Balaban J connectivity index is 1.73. The molecule has 2 aromatic rings. The molecule has 1 heterocycles. The molecule has 0 amide bonds. The molecule has 0 atom stereocenters. The highest BCUT2D eigenvalue weighted by Crippen LogP contribution is 2.43. The third kappa shape index (κ3) is 2.65. The maximum atomic E-state index is 6.24. The summed E-state index contributed by atoms with van der Waals surface area (Å²) >= 11 is 0. The lowest BCUT2D eigenvalue weighted by Gasteiger charge is -2.32. The van der Waals surface area contributed by atoms with Crippen LogP contribution in [0.2, 0.25) is 0 Å². The minimum atomic E-state index is -0.329. The van der Waals surface area contributed by atoms with Gasteiger partial charge in [-0.3, -0.25) is 0 Å². The zero-order chi connectivity index (χ0) is 18.7. The van der Waals surface area contributed by atoms with Crippen molar-refractivity contribution >= 4 is 18.2 Å². The third-order valence-electron chi connectivity index (χ3n) is 6.14. The van der Waals surface area contributed by atoms with E-state index < -0.39 is 0 Å². The minimum absolute atomic E-state index is 0.0479. The summed E-state index contributed by atoms with van der Waals surface area (Å²) < 4.78 is 12.5. The molecule has 1 aliphatic carbocycles. The van der Waals surface area contributed by atoms with Crippen molar-refractivity contribution < 1.29 is 9.31 Å². The highest BCUT2D eigenvalue weighted by molar-refractivity contribution is 6.62. The van der Waals surface area contributed by atoms with Crippen molar-refractivity contribution in [2.24, 2.45) is 0 Å². The molecule has 1 saturated heterocycles. The first-order chi connectivity index (χ1) is 12.1. The van der Waals surface area contributed by atoms with Crippen molar-refractivity contribution in [2.45, 2.75) is 58.2 Å². The number of benzene rings is 2. The molecule has 0 N–H and O–H groups in total. The van der Waals surface area contributed by atoms with E-state index in [0.717, 1.165) is 5.46 Å². The van der Waals surface area contributed by atoms with Crippen LogP contribution in [-0.2, 0) is 14.7 Å². The van der Waals surface area contributed by atoms with E-state index in [4.69, 9.17) is 9.31 Å². The van der Waals surface area contributed by atoms with Crippen LogP contribution >= 0.6 is 0 Å². The van der Waals surface area contributed by atoms with Crippen LogP contribution in [0.1, 0.15) is 58.2 Å². The van der Waals surface area contributed by atoms with Crippen molar-refractivity contribution in [3.8, 4) is 0 Å². The summed E-state index contributed by atoms with van der Waals surface area (Å²) in [6.07, 6.45) is 2.38. The monoisotopic (exact) mass is 346 g/mol. The second-order valence-corrected chi connectivity index (χ2v) is 9.04. The van der Waals surface area contributed by atoms with E-state index in [1.807, 2.05) is 0 Å². The molecular weight excluding hydrogens is 319 g/mol. The van der Waals surface area contributed by atoms with Gasteiger partial charge in [-0.2, -0.15) is 0 Å². The van der Waals surface area contributed by atoms with Crippen LogP contribution in [-0.4, -0.2) is 18.3 Å². The number of allylic oxidation sites excluding steroid dienone is 1. The molecule has 2 aromatic carbocycles. The second kappa shape index (κ2) is 5.58. The first-order valence-electron chi connectivity index (χ1n) is 9.39. The second-order valence-electron chi connectivity index (χ2n) is 9.04. The van der Waals surface area contributed by atoms with Gasteiger partial charge < -0.3 is 9.31 Å². The van der Waals surface area contributed by atoms with E-state index >= 15 is 0 Å². The largest absolute Gasteiger partial charge is 0.494 e. The van der Waals surface area contributed by atoms with E-state index in [0.29, 0.717) is 0 Å². The lowest BCUT2D eigenvalue weighted by atomic mass is 9.77. The van der Waals surface area contributed by atoms with Gasteiger partial charge >= 0.3 is 7.12 Å². The van der Waals surface area contributed by atoms with Gasteiger partial charge in [0.15, 0.2) is 0 Å². The number of rotatable bonds is 2. The molecule has 0 spiro atoms. The van der Waals surface area contributed by atoms with Gasteiger partial charge in [-0.25, -0.2) is 0 Å². The fraction of sp³-hybridized carbons (Fsp3) is 0.391. The van der Waals surface area contributed by atoms with E-state index in [-0.39, 0.29) is 23.7 Å². The van der Waals surface area contributed by atoms with Crippen molar-refractivity contribution in [2.75, 3.05) is 0 Å². The van der Waals surface area contributed by atoms with Crippen LogP contribution in [0.5, 0.6) is 0 Å². The normalized spacial score (nSPS) is 22.2. The van der Waals surface area contributed by atoms with Crippen molar-refractivity contribution in [3.63, 3.8) is 0 Å². The topological polar surface area (TPSA) is 18.5 Å². The Hall–Kier alpha value is -1.84. The van der Waals surface area contributed by atoms with Gasteiger partial charge in [-0.05, 0) is 55.4 Å². The molecule has 134 valence electrons. The van der Waals surface area contributed by atoms with Crippen LogP contribution in [0, 0.1) is 0 Å². The van der Waals surface area contributed by atoms with E-state index in [9.17, 15) is 0 Å². The molecule has 0 unspecified atom stereocenters. The highest BCUT2D eigenvalue weighted by atomic mass is 16.7. The highest BCUT2D eigenvalue weighted by Gasteiger charge is 2.51. The van der Waals surface area contributed by atoms with Crippen molar-refractivity contribution in [1.29, 1.82) is 0 Å². The first kappa shape index (κ1) is 17.6. The number of fused-ring (bicyclic) bond motifs is 1. The summed E-state index contributed by atoms with van der Waals surface area (Å²) in [4.78, 5) is 0. The Bertz CT molecular complexity index is 877. The van der Waals surface area contributed by atoms with Gasteiger partial charge in [-0.15, -0.1) is 0 Å². The maximum Gasteiger partial charge on any atom is 0.494 e. The molecule has 0 bridgehead atoms. The summed E-state index contributed by atoms with van der Waals surface area (Å²) in [5, 5.41) is 0. The number of hydrogen-bond donors (Lipinski definition) is 0. The maximum absolute atomic E-state index is 6.24. The summed E-state index contributed by atoms with van der Waals surface area (Å²) in [6.45, 7) is 12.9. The summed E-state index contributed by atoms with van der Waals surface area (Å²) in [7, 11) is -0.329. The van der Waals surface area contributed by atoms with Crippen LogP contribution in [0.4, 0.5) is 0 Å². The molecule has 1 aliphatic heterocycles.